The van der Waals surface area contributed by atoms with E-state index in [1.165, 1.54) is 0 Å². The summed E-state index contributed by atoms with van der Waals surface area (Å²) in [6.07, 6.45) is 3.12. The van der Waals surface area contributed by atoms with E-state index in [-0.39, 0.29) is 0 Å². The number of hydrogen-bond donors (Lipinski definition) is 0. The normalized spacial score (nSPS) is 9.43. The summed E-state index contributed by atoms with van der Waals surface area (Å²) < 4.78 is 11.1. The van der Waals surface area contributed by atoms with Crippen molar-refractivity contribution in [3.05, 3.63) is 0 Å². The fraction of sp³-hybridized carbons (Fsp3) is 0.800. The van der Waals surface area contributed by atoms with Crippen LogP contribution in [0.1, 0.15) is 26.2 Å². The van der Waals surface area contributed by atoms with Crippen LogP contribution >= 0.6 is 0 Å². The standard InChI is InChI=1S/C5H10BF/c1-2-3-4-5-6-7/h5H,2-4H2,1H3. The summed E-state index contributed by atoms with van der Waals surface area (Å²) in [5.41, 5.74) is 0. The summed E-state index contributed by atoms with van der Waals surface area (Å²) in [6.45, 7) is 2.09. The molecule has 0 aromatic heterocycles. The number of halogens is 1. The molecular formula is C5H10BF. The molecule has 0 atom stereocenters. The zero-order chi connectivity index (χ0) is 5.54. The first-order valence-electron chi connectivity index (χ1n) is 2.67. The number of rotatable bonds is 3. The van der Waals surface area contributed by atoms with E-state index in [1.807, 2.05) is 0 Å². The van der Waals surface area contributed by atoms with Crippen molar-refractivity contribution in [2.24, 2.45) is 0 Å². The Balaban J connectivity index is 2.69. The van der Waals surface area contributed by atoms with Crippen LogP contribution in [0.5, 0.6) is 0 Å². The molecule has 40 valence electrons. The van der Waals surface area contributed by atoms with Gasteiger partial charge in [-0.3, -0.25) is 0 Å². The first kappa shape index (κ1) is 6.86. The SMILES string of the molecule is CCCCC=BF. The maximum atomic E-state index is 11.1. The summed E-state index contributed by atoms with van der Waals surface area (Å²) in [7, 11) is 0.607. The van der Waals surface area contributed by atoms with Crippen LogP contribution in [0, 0.1) is 0 Å². The van der Waals surface area contributed by atoms with E-state index in [9.17, 15) is 4.32 Å². The second-order valence-electron chi connectivity index (χ2n) is 1.50. The van der Waals surface area contributed by atoms with Crippen LogP contribution in [0.25, 0.3) is 0 Å². The van der Waals surface area contributed by atoms with Crippen molar-refractivity contribution in [1.29, 1.82) is 0 Å². The predicted octanol–water partition coefficient (Wildman–Crippen LogP) is 1.57. The molecule has 0 spiro atoms. The van der Waals surface area contributed by atoms with Gasteiger partial charge >= 0.3 is 43.7 Å². The maximum absolute atomic E-state index is 11.1. The van der Waals surface area contributed by atoms with Gasteiger partial charge in [-0.1, -0.05) is 0 Å². The van der Waals surface area contributed by atoms with Gasteiger partial charge in [0.15, 0.2) is 0 Å². The molecule has 0 bridgehead atoms. The van der Waals surface area contributed by atoms with E-state index in [2.05, 4.69) is 6.92 Å². The second kappa shape index (κ2) is 5.86. The third-order valence-electron chi connectivity index (χ3n) is 0.813. The van der Waals surface area contributed by atoms with Crippen molar-refractivity contribution in [2.75, 3.05) is 0 Å². The molecule has 0 aromatic carbocycles. The number of hydrogen-bond acceptors (Lipinski definition) is 0. The van der Waals surface area contributed by atoms with Gasteiger partial charge in [0.2, 0.25) is 0 Å². The second-order valence-corrected chi connectivity index (χ2v) is 1.50. The quantitative estimate of drug-likeness (QED) is 0.373. The fourth-order valence-corrected chi connectivity index (χ4v) is 0.385. The van der Waals surface area contributed by atoms with E-state index in [4.69, 9.17) is 0 Å². The Labute approximate surface area is 44.7 Å². The zero-order valence-electron chi connectivity index (χ0n) is 4.65. The molecule has 0 amide bonds. The van der Waals surface area contributed by atoms with Crippen LogP contribution in [0.3, 0.4) is 0 Å². The van der Waals surface area contributed by atoms with E-state index in [1.54, 1.807) is 5.97 Å². The van der Waals surface area contributed by atoms with Gasteiger partial charge < -0.3 is 0 Å². The third-order valence-corrected chi connectivity index (χ3v) is 0.813. The average molecular weight is 99.9 g/mol. The Hall–Kier alpha value is -0.135. The average Bonchev–Trinajstić information content (AvgIpc) is 1.69. The van der Waals surface area contributed by atoms with Crippen molar-refractivity contribution in [1.82, 2.24) is 0 Å². The Morgan fingerprint density at radius 1 is 1.71 bits per heavy atom. The molecule has 0 saturated carbocycles. The van der Waals surface area contributed by atoms with Gasteiger partial charge in [-0.05, 0) is 0 Å². The van der Waals surface area contributed by atoms with Crippen LogP contribution < -0.4 is 0 Å². The molecule has 0 saturated heterocycles. The Morgan fingerprint density at radius 3 is 2.86 bits per heavy atom. The van der Waals surface area contributed by atoms with E-state index in [0.717, 1.165) is 19.3 Å². The molecule has 0 rings (SSSR count). The van der Waals surface area contributed by atoms with E-state index in [0.29, 0.717) is 7.20 Å². The Kier molecular flexibility index (Phi) is 5.75. The fourth-order valence-electron chi connectivity index (χ4n) is 0.385. The van der Waals surface area contributed by atoms with Gasteiger partial charge in [0.1, 0.15) is 0 Å². The van der Waals surface area contributed by atoms with Crippen molar-refractivity contribution in [2.45, 2.75) is 26.2 Å². The van der Waals surface area contributed by atoms with Gasteiger partial charge in [-0.2, -0.15) is 0 Å². The summed E-state index contributed by atoms with van der Waals surface area (Å²) in [6, 6.07) is 0. The molecule has 0 heterocycles. The van der Waals surface area contributed by atoms with Crippen molar-refractivity contribution < 1.29 is 4.32 Å². The molecule has 0 radical (unpaired) electrons. The molecule has 0 aliphatic rings. The molecule has 0 unspecified atom stereocenters. The molecule has 0 nitrogen and oxygen atoms in total. The summed E-state index contributed by atoms with van der Waals surface area (Å²) in [5.74, 6) is 1.55. The minimum absolute atomic E-state index is 0.607. The summed E-state index contributed by atoms with van der Waals surface area (Å²) in [4.78, 5) is 0. The molecule has 0 aliphatic heterocycles. The molecule has 0 N–H and O–H groups in total. The van der Waals surface area contributed by atoms with Crippen molar-refractivity contribution >= 4 is 13.2 Å². The Morgan fingerprint density at radius 2 is 2.43 bits per heavy atom. The molecule has 0 fully saturated rings. The topological polar surface area (TPSA) is 0 Å². The van der Waals surface area contributed by atoms with Crippen LogP contribution in [0.4, 0.5) is 4.32 Å². The van der Waals surface area contributed by atoms with Crippen molar-refractivity contribution in [3.8, 4) is 0 Å². The summed E-state index contributed by atoms with van der Waals surface area (Å²) in [5, 5.41) is 0. The molecule has 2 heteroatoms. The van der Waals surface area contributed by atoms with Crippen molar-refractivity contribution in [3.63, 3.8) is 0 Å². The third kappa shape index (κ3) is 5.86. The van der Waals surface area contributed by atoms with Crippen LogP contribution in [0.15, 0.2) is 0 Å². The minimum atomic E-state index is 0.607. The zero-order valence-corrected chi connectivity index (χ0v) is 4.65. The van der Waals surface area contributed by atoms with Crippen LogP contribution in [0.2, 0.25) is 0 Å². The van der Waals surface area contributed by atoms with Gasteiger partial charge in [-0.25, -0.2) is 0 Å². The monoisotopic (exact) mass is 100 g/mol. The first-order valence-corrected chi connectivity index (χ1v) is 2.67. The molecular weight excluding hydrogens is 89.9 g/mol. The van der Waals surface area contributed by atoms with Gasteiger partial charge in [-0.15, -0.1) is 0 Å². The van der Waals surface area contributed by atoms with E-state index < -0.39 is 0 Å². The Bertz CT molecular complexity index is 52.0. The van der Waals surface area contributed by atoms with Gasteiger partial charge in [0.05, 0.1) is 0 Å². The van der Waals surface area contributed by atoms with Gasteiger partial charge in [0, 0.05) is 0 Å². The van der Waals surface area contributed by atoms with E-state index >= 15 is 0 Å². The summed E-state index contributed by atoms with van der Waals surface area (Å²) >= 11 is 0. The van der Waals surface area contributed by atoms with Crippen LogP contribution in [-0.4, -0.2) is 13.2 Å². The molecule has 0 aliphatic carbocycles. The number of unbranched alkanes of at least 4 members (excludes halogenated alkanes) is 2. The molecule has 7 heavy (non-hydrogen) atoms. The predicted molar refractivity (Wildman–Crippen MR) is 32.5 cm³/mol. The van der Waals surface area contributed by atoms with Gasteiger partial charge in [0.25, 0.3) is 0 Å². The first-order chi connectivity index (χ1) is 3.41. The van der Waals surface area contributed by atoms with Crippen LogP contribution in [-0.2, 0) is 0 Å². The molecule has 0 aromatic rings.